The molecule has 8 heteroatoms. The number of hydrogen-bond acceptors (Lipinski definition) is 5. The number of benzene rings is 2. The number of nitrogens with one attached hydrogen (secondary N) is 3. The average molecular weight is 577 g/mol. The molecule has 4 unspecified atom stereocenters. The van der Waals surface area contributed by atoms with Crippen LogP contribution >= 0.6 is 0 Å². The van der Waals surface area contributed by atoms with Gasteiger partial charge in [0, 0.05) is 25.1 Å². The van der Waals surface area contributed by atoms with E-state index in [0.717, 1.165) is 59.8 Å². The van der Waals surface area contributed by atoms with Crippen molar-refractivity contribution < 1.29 is 9.53 Å². The van der Waals surface area contributed by atoms with Crippen LogP contribution in [0, 0.1) is 11.8 Å². The molecule has 1 amide bonds. The zero-order valence-electron chi connectivity index (χ0n) is 24.9. The molecule has 3 N–H and O–H groups in total. The molecule has 2 aromatic heterocycles. The predicted molar refractivity (Wildman–Crippen MR) is 165 cm³/mol. The highest BCUT2D eigenvalue weighted by Gasteiger charge is 2.51. The van der Waals surface area contributed by atoms with Gasteiger partial charge in [-0.3, -0.25) is 9.69 Å². The number of likely N-dealkylation sites (tertiary alicyclic amines) is 1. The Labute approximate surface area is 252 Å². The van der Waals surface area contributed by atoms with Crippen LogP contribution in [0.3, 0.4) is 0 Å². The second-order valence-electron chi connectivity index (χ2n) is 13.3. The molecular weight excluding hydrogens is 536 g/mol. The van der Waals surface area contributed by atoms with Gasteiger partial charge in [-0.15, -0.1) is 0 Å². The summed E-state index contributed by atoms with van der Waals surface area (Å²) >= 11 is 0. The maximum absolute atomic E-state index is 10.8. The monoisotopic (exact) mass is 576 g/mol. The van der Waals surface area contributed by atoms with Gasteiger partial charge in [0.1, 0.15) is 11.6 Å². The number of H-pyrrole nitrogens is 2. The summed E-state index contributed by atoms with van der Waals surface area (Å²) in [5.41, 5.74) is 7.30. The first-order chi connectivity index (χ1) is 21.1. The van der Waals surface area contributed by atoms with Crippen LogP contribution in [-0.2, 0) is 9.53 Å². The lowest BCUT2D eigenvalue weighted by Gasteiger charge is -2.20. The van der Waals surface area contributed by atoms with E-state index >= 15 is 0 Å². The number of piperidine rings is 1. The lowest BCUT2D eigenvalue weighted by atomic mass is 10.0. The third-order valence-electron chi connectivity index (χ3n) is 10.6. The molecule has 8 atom stereocenters. The normalized spacial score (nSPS) is 29.7. The predicted octanol–water partition coefficient (Wildman–Crippen LogP) is 5.76. The molecule has 1 saturated heterocycles. The van der Waals surface area contributed by atoms with Gasteiger partial charge in [-0.25, -0.2) is 9.97 Å². The van der Waals surface area contributed by atoms with E-state index in [1.54, 1.807) is 7.11 Å². The van der Waals surface area contributed by atoms with Crippen molar-refractivity contribution in [3.63, 3.8) is 0 Å². The smallest absolute Gasteiger partial charge is 0.207 e. The van der Waals surface area contributed by atoms with Crippen LogP contribution < -0.4 is 5.32 Å². The van der Waals surface area contributed by atoms with Gasteiger partial charge >= 0.3 is 0 Å². The number of methoxy groups -OCH3 is 1. The molecular formula is C35H40N6O2. The number of aromatic nitrogens is 4. The number of hydrogen-bond donors (Lipinski definition) is 3. The highest BCUT2D eigenvalue weighted by atomic mass is 16.5. The number of amides is 1. The van der Waals surface area contributed by atoms with Gasteiger partial charge < -0.3 is 20.0 Å². The van der Waals surface area contributed by atoms with Crippen molar-refractivity contribution in [3.05, 3.63) is 83.7 Å². The Hall–Kier alpha value is -3.75. The summed E-state index contributed by atoms with van der Waals surface area (Å²) in [6.07, 6.45) is 10.5. The van der Waals surface area contributed by atoms with E-state index in [2.05, 4.69) is 75.8 Å². The van der Waals surface area contributed by atoms with E-state index in [1.165, 1.54) is 36.0 Å². The third-order valence-corrected chi connectivity index (χ3v) is 10.6. The minimum atomic E-state index is 0.190. The Balaban J connectivity index is 0.890. The molecule has 4 aromatic rings. The van der Waals surface area contributed by atoms with Crippen LogP contribution in [0.5, 0.6) is 0 Å². The molecule has 4 fully saturated rings. The summed E-state index contributed by atoms with van der Waals surface area (Å²) < 4.78 is 5.49. The Morgan fingerprint density at radius 1 is 0.930 bits per heavy atom. The van der Waals surface area contributed by atoms with Crippen molar-refractivity contribution in [1.29, 1.82) is 0 Å². The summed E-state index contributed by atoms with van der Waals surface area (Å²) in [4.78, 5) is 29.9. The zero-order chi connectivity index (χ0) is 29.1. The minimum absolute atomic E-state index is 0.190. The highest BCUT2D eigenvalue weighted by molar-refractivity contribution is 5.61. The Morgan fingerprint density at radius 3 is 2.23 bits per heavy atom. The number of carbonyl (C=O) groups excluding carboxylic acids is 1. The van der Waals surface area contributed by atoms with Crippen LogP contribution in [0.25, 0.3) is 22.5 Å². The summed E-state index contributed by atoms with van der Waals surface area (Å²) in [5.74, 6) is 4.77. The van der Waals surface area contributed by atoms with Gasteiger partial charge in [0.25, 0.3) is 0 Å². The number of nitrogens with zero attached hydrogens (tertiary/aromatic N) is 3. The van der Waals surface area contributed by atoms with Crippen molar-refractivity contribution in [3.8, 4) is 22.5 Å². The molecule has 0 bridgehead atoms. The SMILES string of the molecule is COC[C@@H](CC1CC1NC=O)c1ncc(-c2ccc([C@@H]3C[C@H]3c3ccc(-c4cnc([C@@H]5CC6CC6N5C)[nH]4)cc3)cc2)[nH]1. The third kappa shape index (κ3) is 5.21. The number of rotatable bonds is 12. The van der Waals surface area contributed by atoms with Crippen LogP contribution in [0.2, 0.25) is 0 Å². The Morgan fingerprint density at radius 2 is 1.60 bits per heavy atom. The minimum Gasteiger partial charge on any atom is -0.384 e. The van der Waals surface area contributed by atoms with E-state index in [1.807, 2.05) is 12.4 Å². The van der Waals surface area contributed by atoms with E-state index in [-0.39, 0.29) is 5.92 Å². The number of fused-ring (bicyclic) bond motifs is 1. The zero-order valence-corrected chi connectivity index (χ0v) is 24.9. The largest absolute Gasteiger partial charge is 0.384 e. The quantitative estimate of drug-likeness (QED) is 0.186. The first-order valence-electron chi connectivity index (χ1n) is 15.8. The van der Waals surface area contributed by atoms with Crippen molar-refractivity contribution >= 4 is 6.41 Å². The Kier molecular flexibility index (Phi) is 6.71. The molecule has 3 heterocycles. The molecule has 0 radical (unpaired) electrons. The van der Waals surface area contributed by atoms with Gasteiger partial charge in [0.05, 0.1) is 36.4 Å². The van der Waals surface area contributed by atoms with E-state index < -0.39 is 0 Å². The second kappa shape index (κ2) is 10.8. The molecule has 4 aliphatic rings. The molecule has 43 heavy (non-hydrogen) atoms. The standard InChI is InChI=1S/C35H40N6O2/c1-41-32-13-25(32)14-33(41)35-37-17-31(40-35)23-9-5-21(6-10-23)28-15-27(28)20-3-7-22(8-4-20)30-16-36-34(39-30)26(18-43-2)11-24-12-29(24)38-19-42/h3-10,16-17,19,24-29,32-33H,11-15,18H2,1-2H3,(H,36,39)(H,37,40)(H,38,42)/t24?,25?,26-,27+,28+,29?,32?,33+/m1/s1. The summed E-state index contributed by atoms with van der Waals surface area (Å²) in [5, 5.41) is 2.90. The van der Waals surface area contributed by atoms with Gasteiger partial charge in [0.2, 0.25) is 6.41 Å². The van der Waals surface area contributed by atoms with Gasteiger partial charge in [-0.05, 0) is 85.1 Å². The van der Waals surface area contributed by atoms with Crippen LogP contribution in [0.4, 0.5) is 0 Å². The first kappa shape index (κ1) is 26.8. The maximum Gasteiger partial charge on any atom is 0.207 e. The maximum atomic E-state index is 10.8. The number of aromatic amines is 2. The van der Waals surface area contributed by atoms with E-state index in [0.29, 0.717) is 36.4 Å². The molecule has 1 aliphatic heterocycles. The van der Waals surface area contributed by atoms with E-state index in [9.17, 15) is 4.79 Å². The summed E-state index contributed by atoms with van der Waals surface area (Å²) in [7, 11) is 3.97. The van der Waals surface area contributed by atoms with Crippen LogP contribution in [-0.4, -0.2) is 64.1 Å². The van der Waals surface area contributed by atoms with Crippen LogP contribution in [0.1, 0.15) is 78.7 Å². The van der Waals surface area contributed by atoms with Crippen LogP contribution in [0.15, 0.2) is 60.9 Å². The van der Waals surface area contributed by atoms with Gasteiger partial charge in [0.15, 0.2) is 0 Å². The molecule has 3 aliphatic carbocycles. The number of carbonyl (C=O) groups is 1. The lowest BCUT2D eigenvalue weighted by molar-refractivity contribution is -0.109. The van der Waals surface area contributed by atoms with E-state index in [4.69, 9.17) is 14.7 Å². The molecule has 222 valence electrons. The fourth-order valence-corrected chi connectivity index (χ4v) is 7.69. The van der Waals surface area contributed by atoms with Gasteiger partial charge in [-0.2, -0.15) is 0 Å². The Bertz CT molecular complexity index is 1590. The van der Waals surface area contributed by atoms with Gasteiger partial charge in [-0.1, -0.05) is 48.5 Å². The average Bonchev–Trinajstić information content (AvgIpc) is 3.98. The molecule has 2 aromatic carbocycles. The fraction of sp³-hybridized carbons (Fsp3) is 0.457. The topological polar surface area (TPSA) is 98.9 Å². The first-order valence-corrected chi connectivity index (χ1v) is 15.8. The summed E-state index contributed by atoms with van der Waals surface area (Å²) in [6, 6.07) is 19.6. The van der Waals surface area contributed by atoms with Crippen molar-refractivity contribution in [2.45, 2.75) is 68.0 Å². The molecule has 0 spiro atoms. The molecule has 3 saturated carbocycles. The second-order valence-corrected chi connectivity index (χ2v) is 13.3. The molecule has 8 rings (SSSR count). The molecule has 8 nitrogen and oxygen atoms in total. The van der Waals surface area contributed by atoms with Crippen molar-refractivity contribution in [2.24, 2.45) is 11.8 Å². The summed E-state index contributed by atoms with van der Waals surface area (Å²) in [6.45, 7) is 0.613. The lowest BCUT2D eigenvalue weighted by Crippen LogP contribution is -2.22. The number of imidazole rings is 2. The van der Waals surface area contributed by atoms with Crippen molar-refractivity contribution in [2.75, 3.05) is 20.8 Å². The highest BCUT2D eigenvalue weighted by Crippen LogP contribution is 2.55. The fourth-order valence-electron chi connectivity index (χ4n) is 7.69. The number of ether oxygens (including phenoxy) is 1. The van der Waals surface area contributed by atoms with Crippen molar-refractivity contribution in [1.82, 2.24) is 30.2 Å².